The van der Waals surface area contributed by atoms with E-state index in [1.807, 2.05) is 12.1 Å². The average molecular weight is 455 g/mol. The van der Waals surface area contributed by atoms with E-state index in [0.717, 1.165) is 36.2 Å². The molecule has 2 fully saturated rings. The van der Waals surface area contributed by atoms with Crippen molar-refractivity contribution in [2.75, 3.05) is 24.5 Å². The zero-order valence-electron chi connectivity index (χ0n) is 18.4. The molecular weight excluding hydrogens is 424 g/mol. The molecule has 6 heteroatoms. The molecule has 1 aliphatic carbocycles. The van der Waals surface area contributed by atoms with Gasteiger partial charge in [-0.3, -0.25) is 4.79 Å². The lowest BCUT2D eigenvalue weighted by Crippen LogP contribution is -2.30. The highest BCUT2D eigenvalue weighted by molar-refractivity contribution is 6.31. The fourth-order valence-electron chi connectivity index (χ4n) is 5.24. The Morgan fingerprint density at radius 2 is 1.62 bits per heavy atom. The minimum Gasteiger partial charge on any atom is -0.478 e. The summed E-state index contributed by atoms with van der Waals surface area (Å²) in [5, 5.41) is 12.6. The van der Waals surface area contributed by atoms with Crippen molar-refractivity contribution >= 4 is 29.2 Å². The second-order valence-electron chi connectivity index (χ2n) is 9.04. The molecule has 0 bridgehead atoms. The minimum atomic E-state index is -0.939. The number of rotatable bonds is 6. The predicted molar refractivity (Wildman–Crippen MR) is 128 cm³/mol. The molecule has 1 aliphatic heterocycles. The lowest BCUT2D eigenvalue weighted by atomic mass is 9.77. The Morgan fingerprint density at radius 3 is 2.25 bits per heavy atom. The van der Waals surface area contributed by atoms with Crippen LogP contribution < -0.4 is 10.2 Å². The Bertz CT molecular complexity index is 944. The van der Waals surface area contributed by atoms with Crippen molar-refractivity contribution < 1.29 is 14.7 Å². The normalized spacial score (nSPS) is 20.8. The third kappa shape index (κ3) is 5.44. The number of carbonyl (C=O) groups excluding carboxylic acids is 1. The zero-order chi connectivity index (χ0) is 22.5. The van der Waals surface area contributed by atoms with Crippen molar-refractivity contribution in [3.63, 3.8) is 0 Å². The second-order valence-corrected chi connectivity index (χ2v) is 9.47. The number of aromatic carboxylic acids is 1. The Kier molecular flexibility index (Phi) is 7.36. The van der Waals surface area contributed by atoms with E-state index in [9.17, 15) is 9.59 Å². The van der Waals surface area contributed by atoms with Crippen molar-refractivity contribution in [1.29, 1.82) is 0 Å². The number of carboxylic acids is 1. The Balaban J connectivity index is 1.41. The molecule has 2 aliphatic rings. The first-order valence-corrected chi connectivity index (χ1v) is 12.0. The van der Waals surface area contributed by atoms with Crippen LogP contribution in [0.15, 0.2) is 42.5 Å². The molecule has 2 unspecified atom stereocenters. The van der Waals surface area contributed by atoms with Crippen molar-refractivity contribution in [3.8, 4) is 0 Å². The molecule has 2 N–H and O–H groups in total. The van der Waals surface area contributed by atoms with Crippen LogP contribution >= 0.6 is 11.6 Å². The van der Waals surface area contributed by atoms with Gasteiger partial charge >= 0.3 is 5.97 Å². The van der Waals surface area contributed by atoms with Gasteiger partial charge in [-0.15, -0.1) is 0 Å². The summed E-state index contributed by atoms with van der Waals surface area (Å²) >= 11 is 6.26. The van der Waals surface area contributed by atoms with Gasteiger partial charge in [-0.1, -0.05) is 49.4 Å². The lowest BCUT2D eigenvalue weighted by molar-refractivity contribution is 0.0696. The van der Waals surface area contributed by atoms with Gasteiger partial charge in [0.25, 0.3) is 5.91 Å². The molecule has 4 rings (SSSR count). The van der Waals surface area contributed by atoms with Crippen LogP contribution in [-0.2, 0) is 6.42 Å². The van der Waals surface area contributed by atoms with Crippen LogP contribution in [0.4, 0.5) is 5.69 Å². The van der Waals surface area contributed by atoms with Gasteiger partial charge in [0, 0.05) is 30.3 Å². The minimum absolute atomic E-state index is 0.119. The summed E-state index contributed by atoms with van der Waals surface area (Å²) in [7, 11) is 0. The van der Waals surface area contributed by atoms with Crippen LogP contribution in [0.2, 0.25) is 5.02 Å². The van der Waals surface area contributed by atoms with Gasteiger partial charge < -0.3 is 15.3 Å². The molecule has 1 saturated carbocycles. The van der Waals surface area contributed by atoms with Gasteiger partial charge in [0.15, 0.2) is 0 Å². The molecule has 2 atom stereocenters. The molecule has 32 heavy (non-hydrogen) atoms. The first-order chi connectivity index (χ1) is 15.5. The fraction of sp³-hybridized carbons (Fsp3) is 0.462. The summed E-state index contributed by atoms with van der Waals surface area (Å²) in [5.74, 6) is 0.592. The lowest BCUT2D eigenvalue weighted by Gasteiger charge is -2.29. The quantitative estimate of drug-likeness (QED) is 0.611. The predicted octanol–water partition coefficient (Wildman–Crippen LogP) is 5.42. The summed E-state index contributed by atoms with van der Waals surface area (Å²) < 4.78 is 0. The summed E-state index contributed by atoms with van der Waals surface area (Å²) in [4.78, 5) is 26.4. The van der Waals surface area contributed by atoms with Crippen LogP contribution in [0.3, 0.4) is 0 Å². The van der Waals surface area contributed by atoms with E-state index >= 15 is 0 Å². The number of benzene rings is 2. The number of carboxylic acid groups (broad SMARTS) is 1. The maximum absolute atomic E-state index is 13.1. The number of nitrogens with one attached hydrogen (secondary N) is 1. The Labute approximate surface area is 194 Å². The molecule has 1 saturated heterocycles. The van der Waals surface area contributed by atoms with E-state index in [-0.39, 0.29) is 11.5 Å². The third-order valence-corrected chi connectivity index (χ3v) is 7.29. The number of halogens is 1. The number of carbonyl (C=O) groups is 2. The van der Waals surface area contributed by atoms with Crippen LogP contribution in [0.5, 0.6) is 0 Å². The Hall–Kier alpha value is -2.53. The van der Waals surface area contributed by atoms with E-state index in [1.165, 1.54) is 38.5 Å². The summed E-state index contributed by atoms with van der Waals surface area (Å²) in [6, 6.07) is 12.4. The van der Waals surface area contributed by atoms with Gasteiger partial charge in [-0.25, -0.2) is 4.79 Å². The summed E-state index contributed by atoms with van der Waals surface area (Å²) in [6.07, 6.45) is 8.43. The summed E-state index contributed by atoms with van der Waals surface area (Å²) in [6.45, 7) is 2.44. The standard InChI is InChI=1S/C26H31ClN2O3/c27-22-9-10-24(29-15-12-19-3-1-2-4-20(19)13-16-29)23(17-22)25(30)28-14-11-18-5-7-21(8-6-18)26(31)32/h5-10,17,19-20H,1-4,11-16H2,(H,28,30)(H,31,32). The van der Waals surface area contributed by atoms with Crippen LogP contribution in [0.25, 0.3) is 0 Å². The van der Waals surface area contributed by atoms with Crippen molar-refractivity contribution in [3.05, 3.63) is 64.2 Å². The highest BCUT2D eigenvalue weighted by Crippen LogP contribution is 2.38. The molecule has 170 valence electrons. The van der Waals surface area contributed by atoms with Crippen LogP contribution in [0.1, 0.15) is 64.8 Å². The van der Waals surface area contributed by atoms with Gasteiger partial charge in [0.05, 0.1) is 11.1 Å². The first kappa shape index (κ1) is 22.7. The molecule has 5 nitrogen and oxygen atoms in total. The van der Waals surface area contributed by atoms with Crippen molar-refractivity contribution in [2.45, 2.75) is 44.9 Å². The van der Waals surface area contributed by atoms with Gasteiger partial charge in [0.1, 0.15) is 0 Å². The fourth-order valence-corrected chi connectivity index (χ4v) is 5.41. The average Bonchev–Trinajstić information content (AvgIpc) is 3.02. The molecule has 1 amide bonds. The van der Waals surface area contributed by atoms with Gasteiger partial charge in [-0.05, 0) is 67.0 Å². The van der Waals surface area contributed by atoms with Gasteiger partial charge in [0.2, 0.25) is 0 Å². The number of hydrogen-bond acceptors (Lipinski definition) is 3. The SMILES string of the molecule is O=C(O)c1ccc(CCNC(=O)c2cc(Cl)ccc2N2CCC3CCCCC3CC2)cc1. The van der Waals surface area contributed by atoms with E-state index in [1.54, 1.807) is 30.3 Å². The monoisotopic (exact) mass is 454 g/mol. The van der Waals surface area contributed by atoms with Gasteiger partial charge in [-0.2, -0.15) is 0 Å². The smallest absolute Gasteiger partial charge is 0.335 e. The highest BCUT2D eigenvalue weighted by atomic mass is 35.5. The molecule has 0 radical (unpaired) electrons. The van der Waals surface area contributed by atoms with E-state index < -0.39 is 5.97 Å². The first-order valence-electron chi connectivity index (χ1n) is 11.7. The largest absolute Gasteiger partial charge is 0.478 e. The van der Waals surface area contributed by atoms with Crippen LogP contribution in [0, 0.1) is 11.8 Å². The van der Waals surface area contributed by atoms with E-state index in [4.69, 9.17) is 16.7 Å². The molecular formula is C26H31ClN2O3. The highest BCUT2D eigenvalue weighted by Gasteiger charge is 2.29. The van der Waals surface area contributed by atoms with Crippen LogP contribution in [-0.4, -0.2) is 36.6 Å². The molecule has 2 aromatic rings. The van der Waals surface area contributed by atoms with E-state index in [0.29, 0.717) is 23.6 Å². The number of fused-ring (bicyclic) bond motifs is 1. The molecule has 0 aromatic heterocycles. The number of amides is 1. The molecule has 1 heterocycles. The zero-order valence-corrected chi connectivity index (χ0v) is 19.1. The molecule has 2 aromatic carbocycles. The topological polar surface area (TPSA) is 69.6 Å². The van der Waals surface area contributed by atoms with Crippen molar-refractivity contribution in [1.82, 2.24) is 5.32 Å². The second kappa shape index (κ2) is 10.4. The number of nitrogens with zero attached hydrogens (tertiary/aromatic N) is 1. The third-order valence-electron chi connectivity index (χ3n) is 7.05. The Morgan fingerprint density at radius 1 is 0.969 bits per heavy atom. The number of hydrogen-bond donors (Lipinski definition) is 2. The van der Waals surface area contributed by atoms with E-state index in [2.05, 4.69) is 10.2 Å². The van der Waals surface area contributed by atoms with Crippen molar-refractivity contribution in [2.24, 2.45) is 11.8 Å². The summed E-state index contributed by atoms with van der Waals surface area (Å²) in [5.41, 5.74) is 2.84. The number of anilines is 1. The maximum atomic E-state index is 13.1. The maximum Gasteiger partial charge on any atom is 0.335 e. The molecule has 0 spiro atoms.